The summed E-state index contributed by atoms with van der Waals surface area (Å²) in [5, 5.41) is 3.69. The normalized spacial score (nSPS) is 10.8. The van der Waals surface area contributed by atoms with E-state index < -0.39 is 0 Å². The molecule has 0 saturated carbocycles. The van der Waals surface area contributed by atoms with Crippen molar-refractivity contribution in [3.63, 3.8) is 0 Å². The van der Waals surface area contributed by atoms with Crippen molar-refractivity contribution in [3.05, 3.63) is 94.7 Å². The number of furan rings is 1. The molecular formula is C25H21NO4. The van der Waals surface area contributed by atoms with Crippen molar-refractivity contribution in [2.45, 2.75) is 13.8 Å². The van der Waals surface area contributed by atoms with E-state index in [2.05, 4.69) is 5.32 Å². The van der Waals surface area contributed by atoms with Gasteiger partial charge in [0.1, 0.15) is 11.3 Å². The maximum atomic E-state index is 12.9. The van der Waals surface area contributed by atoms with Crippen LogP contribution in [0, 0.1) is 13.8 Å². The predicted octanol–water partition coefficient (Wildman–Crippen LogP) is 5.54. The third-order valence-corrected chi connectivity index (χ3v) is 5.07. The van der Waals surface area contributed by atoms with E-state index in [1.165, 1.54) is 7.11 Å². The molecule has 3 aromatic carbocycles. The number of aryl methyl sites for hydroxylation is 2. The lowest BCUT2D eigenvalue weighted by molar-refractivity contribution is 0.101. The molecule has 0 aliphatic heterocycles. The van der Waals surface area contributed by atoms with Crippen LogP contribution >= 0.6 is 0 Å². The van der Waals surface area contributed by atoms with Crippen LogP contribution in [0.1, 0.15) is 37.6 Å². The number of carbonyl (C=O) groups is 2. The summed E-state index contributed by atoms with van der Waals surface area (Å²) in [5.74, 6) is 0.354. The molecule has 0 unspecified atom stereocenters. The van der Waals surface area contributed by atoms with E-state index in [1.807, 2.05) is 32.0 Å². The second-order valence-corrected chi connectivity index (χ2v) is 7.12. The van der Waals surface area contributed by atoms with Crippen LogP contribution < -0.4 is 10.1 Å². The van der Waals surface area contributed by atoms with Gasteiger partial charge in [0, 0.05) is 28.3 Å². The standard InChI is InChI=1S/C25H21NO4/c1-15-8-10-17(11-9-15)23(27)24-16(2)19-13-12-18(14-22(19)30-24)26-25(28)20-6-4-5-7-21(20)29-3/h4-14H,1-3H3,(H,26,28). The van der Waals surface area contributed by atoms with Gasteiger partial charge in [0.25, 0.3) is 5.91 Å². The van der Waals surface area contributed by atoms with Gasteiger partial charge in [-0.2, -0.15) is 0 Å². The fourth-order valence-corrected chi connectivity index (χ4v) is 3.39. The molecule has 5 nitrogen and oxygen atoms in total. The largest absolute Gasteiger partial charge is 0.496 e. The van der Waals surface area contributed by atoms with Gasteiger partial charge in [-0.25, -0.2) is 0 Å². The van der Waals surface area contributed by atoms with Crippen molar-refractivity contribution in [2.75, 3.05) is 12.4 Å². The number of para-hydroxylation sites is 1. The number of anilines is 1. The molecule has 0 aliphatic carbocycles. The number of hydrogen-bond acceptors (Lipinski definition) is 4. The van der Waals surface area contributed by atoms with Gasteiger partial charge in [-0.15, -0.1) is 0 Å². The molecule has 30 heavy (non-hydrogen) atoms. The van der Waals surface area contributed by atoms with Crippen LogP contribution in [0.4, 0.5) is 5.69 Å². The summed E-state index contributed by atoms with van der Waals surface area (Å²) < 4.78 is 11.1. The summed E-state index contributed by atoms with van der Waals surface area (Å²) in [4.78, 5) is 25.5. The van der Waals surface area contributed by atoms with Crippen LogP contribution in [0.5, 0.6) is 5.75 Å². The average Bonchev–Trinajstić information content (AvgIpc) is 3.09. The van der Waals surface area contributed by atoms with Gasteiger partial charge in [-0.3, -0.25) is 9.59 Å². The molecular weight excluding hydrogens is 378 g/mol. The van der Waals surface area contributed by atoms with Crippen molar-refractivity contribution < 1.29 is 18.7 Å². The average molecular weight is 399 g/mol. The Morgan fingerprint density at radius 2 is 1.67 bits per heavy atom. The van der Waals surface area contributed by atoms with Crippen molar-refractivity contribution in [2.24, 2.45) is 0 Å². The van der Waals surface area contributed by atoms with Crippen LogP contribution in [0.3, 0.4) is 0 Å². The van der Waals surface area contributed by atoms with Crippen molar-refractivity contribution >= 4 is 28.3 Å². The van der Waals surface area contributed by atoms with Crippen molar-refractivity contribution in [1.82, 2.24) is 0 Å². The summed E-state index contributed by atoms with van der Waals surface area (Å²) >= 11 is 0. The van der Waals surface area contributed by atoms with Crippen LogP contribution in [-0.4, -0.2) is 18.8 Å². The molecule has 1 N–H and O–H groups in total. The minimum atomic E-state index is -0.286. The SMILES string of the molecule is COc1ccccc1C(=O)Nc1ccc2c(C)c(C(=O)c3ccc(C)cc3)oc2c1. The first-order valence-corrected chi connectivity index (χ1v) is 9.57. The quantitative estimate of drug-likeness (QED) is 0.447. The molecule has 1 heterocycles. The Hall–Kier alpha value is -3.86. The van der Waals surface area contributed by atoms with E-state index in [9.17, 15) is 9.59 Å². The Balaban J connectivity index is 1.64. The van der Waals surface area contributed by atoms with Crippen LogP contribution in [0.2, 0.25) is 0 Å². The lowest BCUT2D eigenvalue weighted by Gasteiger charge is -2.09. The Labute approximate surface area is 174 Å². The van der Waals surface area contributed by atoms with Crippen molar-refractivity contribution in [1.29, 1.82) is 0 Å². The number of ketones is 1. The zero-order valence-electron chi connectivity index (χ0n) is 17.0. The minimum Gasteiger partial charge on any atom is -0.496 e. The fraction of sp³-hybridized carbons (Fsp3) is 0.120. The number of hydrogen-bond donors (Lipinski definition) is 1. The van der Waals surface area contributed by atoms with E-state index >= 15 is 0 Å². The number of nitrogens with one attached hydrogen (secondary N) is 1. The Morgan fingerprint density at radius 3 is 2.40 bits per heavy atom. The smallest absolute Gasteiger partial charge is 0.259 e. The maximum Gasteiger partial charge on any atom is 0.259 e. The molecule has 0 saturated heterocycles. The first kappa shape index (κ1) is 19.5. The van der Waals surface area contributed by atoms with Gasteiger partial charge >= 0.3 is 0 Å². The molecule has 5 heteroatoms. The molecule has 0 radical (unpaired) electrons. The maximum absolute atomic E-state index is 12.9. The molecule has 0 atom stereocenters. The summed E-state index contributed by atoms with van der Waals surface area (Å²) in [6.45, 7) is 3.84. The lowest BCUT2D eigenvalue weighted by Crippen LogP contribution is -2.12. The number of carbonyl (C=O) groups excluding carboxylic acids is 2. The van der Waals surface area contributed by atoms with E-state index in [0.717, 1.165) is 16.5 Å². The third kappa shape index (κ3) is 3.57. The topological polar surface area (TPSA) is 68.5 Å². The molecule has 0 fully saturated rings. The van der Waals surface area contributed by atoms with E-state index in [1.54, 1.807) is 48.5 Å². The molecule has 0 aliphatic rings. The zero-order chi connectivity index (χ0) is 21.3. The molecule has 150 valence electrons. The van der Waals surface area contributed by atoms with Gasteiger partial charge in [0.2, 0.25) is 5.78 Å². The van der Waals surface area contributed by atoms with Gasteiger partial charge in [-0.05, 0) is 38.1 Å². The number of fused-ring (bicyclic) bond motifs is 1. The van der Waals surface area contributed by atoms with Crippen molar-refractivity contribution in [3.8, 4) is 5.75 Å². The van der Waals surface area contributed by atoms with Crippen LogP contribution in [0.25, 0.3) is 11.0 Å². The van der Waals surface area contributed by atoms with E-state index in [-0.39, 0.29) is 11.7 Å². The highest BCUT2D eigenvalue weighted by atomic mass is 16.5. The number of benzene rings is 3. The molecule has 4 rings (SSSR count). The number of rotatable bonds is 5. The van der Waals surface area contributed by atoms with Gasteiger partial charge in [0.05, 0.1) is 12.7 Å². The summed E-state index contributed by atoms with van der Waals surface area (Å²) in [5.41, 5.74) is 3.99. The second-order valence-electron chi connectivity index (χ2n) is 7.12. The van der Waals surface area contributed by atoms with Gasteiger partial charge < -0.3 is 14.5 Å². The van der Waals surface area contributed by atoms with Crippen LogP contribution in [-0.2, 0) is 0 Å². The molecule has 0 bridgehead atoms. The van der Waals surface area contributed by atoms with Crippen LogP contribution in [0.15, 0.2) is 71.1 Å². The monoisotopic (exact) mass is 399 g/mol. The lowest BCUT2D eigenvalue weighted by atomic mass is 10.0. The summed E-state index contributed by atoms with van der Waals surface area (Å²) in [6, 6.07) is 19.8. The third-order valence-electron chi connectivity index (χ3n) is 5.07. The molecule has 4 aromatic rings. The van der Waals surface area contributed by atoms with E-state index in [0.29, 0.717) is 33.9 Å². The number of methoxy groups -OCH3 is 1. The fourth-order valence-electron chi connectivity index (χ4n) is 3.39. The van der Waals surface area contributed by atoms with Gasteiger partial charge in [0.15, 0.2) is 5.76 Å². The van der Waals surface area contributed by atoms with E-state index in [4.69, 9.17) is 9.15 Å². The highest BCUT2D eigenvalue weighted by Gasteiger charge is 2.20. The minimum absolute atomic E-state index is 0.164. The first-order chi connectivity index (χ1) is 14.5. The Kier molecular flexibility index (Phi) is 5.11. The Bertz CT molecular complexity index is 1250. The summed E-state index contributed by atoms with van der Waals surface area (Å²) in [6.07, 6.45) is 0. The molecule has 0 spiro atoms. The number of ether oxygens (including phenoxy) is 1. The highest BCUT2D eigenvalue weighted by Crippen LogP contribution is 2.30. The molecule has 1 amide bonds. The highest BCUT2D eigenvalue weighted by molar-refractivity contribution is 6.11. The molecule has 1 aromatic heterocycles. The summed E-state index contributed by atoms with van der Waals surface area (Å²) in [7, 11) is 1.52. The first-order valence-electron chi connectivity index (χ1n) is 9.57. The Morgan fingerprint density at radius 1 is 0.933 bits per heavy atom. The number of amides is 1. The van der Waals surface area contributed by atoms with Gasteiger partial charge in [-0.1, -0.05) is 42.0 Å². The zero-order valence-corrected chi connectivity index (χ0v) is 17.0. The predicted molar refractivity (Wildman–Crippen MR) is 117 cm³/mol. The second kappa shape index (κ2) is 7.87.